The second-order valence-electron chi connectivity index (χ2n) is 6.07. The van der Waals surface area contributed by atoms with Gasteiger partial charge in [-0.05, 0) is 30.5 Å². The molecule has 1 aromatic heterocycles. The number of carbonyl (C=O) groups is 1. The summed E-state index contributed by atoms with van der Waals surface area (Å²) in [5.74, 6) is 0.411. The molecule has 23 heavy (non-hydrogen) atoms. The smallest absolute Gasteiger partial charge is 0.254 e. The van der Waals surface area contributed by atoms with Gasteiger partial charge in [-0.15, -0.1) is 0 Å². The van der Waals surface area contributed by atoms with E-state index in [1.54, 1.807) is 17.1 Å². The van der Waals surface area contributed by atoms with Crippen LogP contribution in [0.2, 0.25) is 5.02 Å². The van der Waals surface area contributed by atoms with Gasteiger partial charge in [-0.25, -0.2) is 0 Å². The number of nitrogens with one attached hydrogen (secondary N) is 2. The Balaban J connectivity index is 1.64. The zero-order valence-electron chi connectivity index (χ0n) is 13.1. The summed E-state index contributed by atoms with van der Waals surface area (Å²) in [5.41, 5.74) is 1.56. The fourth-order valence-electron chi connectivity index (χ4n) is 2.80. The van der Waals surface area contributed by atoms with Crippen LogP contribution in [-0.4, -0.2) is 34.8 Å². The number of halogens is 1. The van der Waals surface area contributed by atoms with Crippen LogP contribution in [0.5, 0.6) is 0 Å². The molecule has 3 rings (SSSR count). The summed E-state index contributed by atoms with van der Waals surface area (Å²) in [6.07, 6.45) is 4.45. The first kappa shape index (κ1) is 16.0. The molecule has 6 heteroatoms. The number of amides is 1. The van der Waals surface area contributed by atoms with Crippen LogP contribution in [0.15, 0.2) is 36.7 Å². The molecule has 2 atom stereocenters. The zero-order valence-corrected chi connectivity index (χ0v) is 13.9. The molecule has 2 aromatic rings. The molecule has 5 nitrogen and oxygen atoms in total. The van der Waals surface area contributed by atoms with Crippen molar-refractivity contribution in [3.8, 4) is 0 Å². The fraction of sp³-hybridized carbons (Fsp3) is 0.412. The Morgan fingerprint density at radius 1 is 1.48 bits per heavy atom. The first-order chi connectivity index (χ1) is 11.1. The van der Waals surface area contributed by atoms with Gasteiger partial charge in [0.15, 0.2) is 0 Å². The van der Waals surface area contributed by atoms with Gasteiger partial charge in [0, 0.05) is 23.8 Å². The molecule has 122 valence electrons. The van der Waals surface area contributed by atoms with Crippen molar-refractivity contribution < 1.29 is 4.79 Å². The van der Waals surface area contributed by atoms with Crippen LogP contribution < -0.4 is 10.6 Å². The Labute approximate surface area is 141 Å². The van der Waals surface area contributed by atoms with Gasteiger partial charge < -0.3 is 10.6 Å². The summed E-state index contributed by atoms with van der Waals surface area (Å²) in [6, 6.07) is 7.82. The summed E-state index contributed by atoms with van der Waals surface area (Å²) in [6.45, 7) is 4.56. The van der Waals surface area contributed by atoms with Gasteiger partial charge >= 0.3 is 0 Å². The van der Waals surface area contributed by atoms with Crippen LogP contribution in [0, 0.1) is 5.92 Å². The number of aromatic nitrogens is 2. The molecule has 1 fully saturated rings. The summed E-state index contributed by atoms with van der Waals surface area (Å²) < 4.78 is 1.73. The van der Waals surface area contributed by atoms with Crippen molar-refractivity contribution in [2.75, 3.05) is 13.1 Å². The summed E-state index contributed by atoms with van der Waals surface area (Å²) >= 11 is 6.16. The molecule has 0 aliphatic carbocycles. The van der Waals surface area contributed by atoms with Gasteiger partial charge in [-0.2, -0.15) is 5.10 Å². The van der Waals surface area contributed by atoms with E-state index in [4.69, 9.17) is 11.6 Å². The number of benzene rings is 1. The van der Waals surface area contributed by atoms with Crippen LogP contribution in [0.1, 0.15) is 29.3 Å². The van der Waals surface area contributed by atoms with Gasteiger partial charge in [-0.3, -0.25) is 9.48 Å². The van der Waals surface area contributed by atoms with E-state index >= 15 is 0 Å². The molecule has 1 aliphatic rings. The Bertz CT molecular complexity index is 685. The molecular weight excluding hydrogens is 312 g/mol. The third kappa shape index (κ3) is 3.92. The topological polar surface area (TPSA) is 58.9 Å². The maximum atomic E-state index is 12.4. The number of rotatable bonds is 4. The highest BCUT2D eigenvalue weighted by molar-refractivity contribution is 6.31. The van der Waals surface area contributed by atoms with Crippen molar-refractivity contribution in [3.05, 3.63) is 52.8 Å². The quantitative estimate of drug-likeness (QED) is 0.903. The lowest BCUT2D eigenvalue weighted by Gasteiger charge is -2.30. The minimum Gasteiger partial charge on any atom is -0.348 e. The minimum atomic E-state index is -0.0732. The number of hydrogen-bond acceptors (Lipinski definition) is 3. The van der Waals surface area contributed by atoms with Crippen molar-refractivity contribution in [3.63, 3.8) is 0 Å². The third-order valence-corrected chi connectivity index (χ3v) is 4.70. The Morgan fingerprint density at radius 2 is 2.30 bits per heavy atom. The molecule has 1 aliphatic heterocycles. The van der Waals surface area contributed by atoms with E-state index in [2.05, 4.69) is 22.7 Å². The maximum absolute atomic E-state index is 12.4. The van der Waals surface area contributed by atoms with E-state index in [1.807, 2.05) is 24.3 Å². The SMILES string of the molecule is CC1CCNCC1NC(=O)c1cnn(Cc2ccccc2Cl)c1. The van der Waals surface area contributed by atoms with Gasteiger partial charge in [0.25, 0.3) is 5.91 Å². The molecule has 0 bridgehead atoms. The van der Waals surface area contributed by atoms with Gasteiger partial charge in [0.2, 0.25) is 0 Å². The average Bonchev–Trinajstić information content (AvgIpc) is 3.01. The van der Waals surface area contributed by atoms with Crippen molar-refractivity contribution in [1.82, 2.24) is 20.4 Å². The molecule has 0 spiro atoms. The lowest BCUT2D eigenvalue weighted by molar-refractivity contribution is 0.0915. The van der Waals surface area contributed by atoms with Gasteiger partial charge in [0.1, 0.15) is 0 Å². The molecular formula is C17H21ClN4O. The molecule has 0 radical (unpaired) electrons. The molecule has 2 heterocycles. The molecule has 2 N–H and O–H groups in total. The van der Waals surface area contributed by atoms with E-state index in [0.29, 0.717) is 23.0 Å². The second-order valence-corrected chi connectivity index (χ2v) is 6.48. The molecule has 2 unspecified atom stereocenters. The van der Waals surface area contributed by atoms with E-state index in [0.717, 1.165) is 25.1 Å². The highest BCUT2D eigenvalue weighted by Gasteiger charge is 2.23. The van der Waals surface area contributed by atoms with E-state index in [1.165, 1.54) is 0 Å². The fourth-order valence-corrected chi connectivity index (χ4v) is 3.00. The van der Waals surface area contributed by atoms with E-state index < -0.39 is 0 Å². The monoisotopic (exact) mass is 332 g/mol. The highest BCUT2D eigenvalue weighted by atomic mass is 35.5. The number of piperidine rings is 1. The van der Waals surface area contributed by atoms with Crippen molar-refractivity contribution in [2.45, 2.75) is 25.9 Å². The molecule has 1 amide bonds. The molecule has 1 saturated heterocycles. The van der Waals surface area contributed by atoms with Gasteiger partial charge in [0.05, 0.1) is 18.3 Å². The third-order valence-electron chi connectivity index (χ3n) is 4.33. The lowest BCUT2D eigenvalue weighted by Crippen LogP contribution is -2.50. The van der Waals surface area contributed by atoms with Gasteiger partial charge in [-0.1, -0.05) is 36.7 Å². The number of hydrogen-bond donors (Lipinski definition) is 2. The van der Waals surface area contributed by atoms with Crippen molar-refractivity contribution in [2.24, 2.45) is 5.92 Å². The van der Waals surface area contributed by atoms with Crippen LogP contribution in [0.4, 0.5) is 0 Å². The van der Waals surface area contributed by atoms with E-state index in [9.17, 15) is 4.79 Å². The summed E-state index contributed by atoms with van der Waals surface area (Å²) in [4.78, 5) is 12.4. The predicted octanol–water partition coefficient (Wildman–Crippen LogP) is 2.31. The second kappa shape index (κ2) is 7.15. The number of nitrogens with zero attached hydrogens (tertiary/aromatic N) is 2. The average molecular weight is 333 g/mol. The van der Waals surface area contributed by atoms with Crippen LogP contribution in [0.3, 0.4) is 0 Å². The molecule has 1 aromatic carbocycles. The Morgan fingerprint density at radius 3 is 3.09 bits per heavy atom. The minimum absolute atomic E-state index is 0.0732. The Hall–Kier alpha value is -1.85. The largest absolute Gasteiger partial charge is 0.348 e. The first-order valence-electron chi connectivity index (χ1n) is 7.91. The van der Waals surface area contributed by atoms with E-state index in [-0.39, 0.29) is 11.9 Å². The maximum Gasteiger partial charge on any atom is 0.254 e. The zero-order chi connectivity index (χ0) is 16.2. The Kier molecular flexibility index (Phi) is 4.98. The predicted molar refractivity (Wildman–Crippen MR) is 90.7 cm³/mol. The normalized spacial score (nSPS) is 21.1. The summed E-state index contributed by atoms with van der Waals surface area (Å²) in [5, 5.41) is 11.4. The van der Waals surface area contributed by atoms with Crippen LogP contribution >= 0.6 is 11.6 Å². The van der Waals surface area contributed by atoms with Crippen LogP contribution in [0.25, 0.3) is 0 Å². The summed E-state index contributed by atoms with van der Waals surface area (Å²) in [7, 11) is 0. The van der Waals surface area contributed by atoms with Crippen molar-refractivity contribution in [1.29, 1.82) is 0 Å². The molecule has 0 saturated carbocycles. The van der Waals surface area contributed by atoms with Crippen LogP contribution in [-0.2, 0) is 6.54 Å². The standard InChI is InChI=1S/C17H21ClN4O/c1-12-6-7-19-9-16(12)21-17(23)14-8-20-22(11-14)10-13-4-2-3-5-15(13)18/h2-5,8,11-12,16,19H,6-7,9-10H2,1H3,(H,21,23). The lowest BCUT2D eigenvalue weighted by atomic mass is 9.94. The highest BCUT2D eigenvalue weighted by Crippen LogP contribution is 2.16. The van der Waals surface area contributed by atoms with Crippen molar-refractivity contribution >= 4 is 17.5 Å². The number of carbonyl (C=O) groups excluding carboxylic acids is 1. The first-order valence-corrected chi connectivity index (χ1v) is 8.28.